The Morgan fingerprint density at radius 3 is 2.05 bits per heavy atom. The van der Waals surface area contributed by atoms with Crippen molar-refractivity contribution < 1.29 is 26.2 Å². The number of pyridine rings is 2. The van der Waals surface area contributed by atoms with Gasteiger partial charge in [-0.1, -0.05) is 70.8 Å². The average molecular weight is 734 g/mol. The van der Waals surface area contributed by atoms with Crippen LogP contribution in [0.3, 0.4) is 0 Å². The van der Waals surface area contributed by atoms with Gasteiger partial charge in [0.1, 0.15) is 5.75 Å². The molecule has 0 amide bonds. The number of phenols is 1. The number of aryl methyl sites for hydroxylation is 2. The smallest absolute Gasteiger partial charge is 0.158 e. The van der Waals surface area contributed by atoms with E-state index in [-0.39, 0.29) is 26.8 Å². The van der Waals surface area contributed by atoms with Gasteiger partial charge >= 0.3 is 0 Å². The zero-order valence-electron chi connectivity index (χ0n) is 22.2. The third-order valence-corrected chi connectivity index (χ3v) is 7.06. The Balaban J connectivity index is 0.00000337. The van der Waals surface area contributed by atoms with Crippen molar-refractivity contribution in [3.63, 3.8) is 0 Å². The predicted octanol–water partition coefficient (Wildman–Crippen LogP) is 7.60. The Bertz CT molecular complexity index is 1800. The number of hydrogen-bond donors (Lipinski definition) is 1. The normalized spacial score (nSPS) is 10.7. The summed E-state index contributed by atoms with van der Waals surface area (Å²) in [5.74, 6) is 1.43. The van der Waals surface area contributed by atoms with Crippen molar-refractivity contribution in [2.75, 3.05) is 0 Å². The summed E-state index contributed by atoms with van der Waals surface area (Å²) in [6.07, 6.45) is 1.78. The zero-order chi connectivity index (χ0) is 27.5. The van der Waals surface area contributed by atoms with Crippen molar-refractivity contribution in [2.45, 2.75) is 23.8 Å². The van der Waals surface area contributed by atoms with E-state index in [9.17, 15) is 5.11 Å². The summed E-state index contributed by atoms with van der Waals surface area (Å²) in [6.45, 7) is 3.89. The molecule has 41 heavy (non-hydrogen) atoms. The molecule has 6 rings (SSSR count). The van der Waals surface area contributed by atoms with Crippen LogP contribution in [0.4, 0.5) is 0 Å². The molecule has 0 aliphatic carbocycles. The van der Waals surface area contributed by atoms with Gasteiger partial charge in [0.2, 0.25) is 0 Å². The molecule has 0 saturated carbocycles. The van der Waals surface area contributed by atoms with Crippen LogP contribution < -0.4 is 0 Å². The number of aromatic nitrogens is 5. The van der Waals surface area contributed by atoms with Crippen molar-refractivity contribution in [1.29, 1.82) is 0 Å². The second-order valence-electron chi connectivity index (χ2n) is 9.24. The quantitative estimate of drug-likeness (QED) is 0.177. The standard InChI is InChI=1S/C33H24N5OS.Pt/c1-21-16-25(17-22(2)35-21)31-36-32(38-33(37-31)28-12-6-7-13-29(28)39)26-18-24(23-10-4-3-5-11-23)19-27(20-26)40-30-14-8-9-15-34-30;/h3-19,39H,1-2H3;/q-1;. The SMILES string of the molecule is Cc1cc(-c2nc(-c3[c-]c(Sc4ccccn4)cc(-c4ccccc4)c3)nc(-c3ccccc3O)n2)cc(C)n1.[Pt]. The van der Waals surface area contributed by atoms with Gasteiger partial charge < -0.3 is 5.11 Å². The number of phenolic OH excluding ortho intramolecular Hbond substituents is 1. The van der Waals surface area contributed by atoms with Crippen molar-refractivity contribution >= 4 is 11.8 Å². The average Bonchev–Trinajstić information content (AvgIpc) is 2.97. The first kappa shape index (κ1) is 28.3. The molecule has 0 spiro atoms. The van der Waals surface area contributed by atoms with Gasteiger partial charge in [0.15, 0.2) is 11.6 Å². The first-order valence-corrected chi connectivity index (χ1v) is 13.6. The maximum atomic E-state index is 10.6. The molecular weight excluding hydrogens is 710 g/mol. The first-order chi connectivity index (χ1) is 19.5. The fourth-order valence-electron chi connectivity index (χ4n) is 4.41. The number of para-hydroxylation sites is 1. The van der Waals surface area contributed by atoms with Crippen LogP contribution in [0, 0.1) is 19.9 Å². The van der Waals surface area contributed by atoms with Crippen LogP contribution in [0.15, 0.2) is 113 Å². The zero-order valence-corrected chi connectivity index (χ0v) is 25.3. The van der Waals surface area contributed by atoms with Gasteiger partial charge in [0.05, 0.1) is 16.4 Å². The van der Waals surface area contributed by atoms with Crippen molar-refractivity contribution in [1.82, 2.24) is 24.9 Å². The summed E-state index contributed by atoms with van der Waals surface area (Å²) in [5.41, 5.74) is 5.87. The molecule has 3 heterocycles. The van der Waals surface area contributed by atoms with Gasteiger partial charge in [-0.3, -0.25) is 15.0 Å². The van der Waals surface area contributed by atoms with E-state index in [1.165, 1.54) is 11.8 Å². The van der Waals surface area contributed by atoms with Gasteiger partial charge in [0, 0.05) is 44.2 Å². The maximum absolute atomic E-state index is 10.6. The van der Waals surface area contributed by atoms with E-state index in [0.717, 1.165) is 38.0 Å². The molecule has 6 nitrogen and oxygen atoms in total. The third-order valence-electron chi connectivity index (χ3n) is 6.16. The maximum Gasteiger partial charge on any atom is 0.158 e. The Morgan fingerprint density at radius 2 is 1.32 bits per heavy atom. The Kier molecular flexibility index (Phi) is 8.67. The summed E-state index contributed by atoms with van der Waals surface area (Å²) < 4.78 is 0. The first-order valence-electron chi connectivity index (χ1n) is 12.7. The number of aromatic hydroxyl groups is 1. The molecule has 0 bridgehead atoms. The van der Waals surface area contributed by atoms with Crippen LogP contribution in [-0.2, 0) is 21.1 Å². The van der Waals surface area contributed by atoms with Crippen LogP contribution in [-0.4, -0.2) is 30.0 Å². The topological polar surface area (TPSA) is 84.7 Å². The molecule has 0 atom stereocenters. The molecule has 0 fully saturated rings. The Morgan fingerprint density at radius 1 is 0.634 bits per heavy atom. The van der Waals surface area contributed by atoms with Gasteiger partial charge in [0.25, 0.3) is 0 Å². The summed E-state index contributed by atoms with van der Waals surface area (Å²) in [6, 6.07) is 34.6. The van der Waals surface area contributed by atoms with Gasteiger partial charge in [-0.05, 0) is 55.8 Å². The van der Waals surface area contributed by atoms with Crippen molar-refractivity contribution in [3.05, 3.63) is 121 Å². The minimum atomic E-state index is 0. The summed E-state index contributed by atoms with van der Waals surface area (Å²) >= 11 is 1.53. The van der Waals surface area contributed by atoms with E-state index in [2.05, 4.69) is 34.2 Å². The van der Waals surface area contributed by atoms with E-state index < -0.39 is 0 Å². The monoisotopic (exact) mass is 733 g/mol. The molecule has 0 radical (unpaired) electrons. The van der Waals surface area contributed by atoms with Crippen LogP contribution in [0.25, 0.3) is 45.3 Å². The number of benzene rings is 3. The van der Waals surface area contributed by atoms with Crippen LogP contribution in [0.5, 0.6) is 5.75 Å². The molecule has 6 aromatic rings. The molecule has 204 valence electrons. The minimum Gasteiger partial charge on any atom is -0.507 e. The summed E-state index contributed by atoms with van der Waals surface area (Å²) in [4.78, 5) is 24.4. The van der Waals surface area contributed by atoms with E-state index in [4.69, 9.17) is 15.0 Å². The van der Waals surface area contributed by atoms with Crippen LogP contribution in [0.1, 0.15) is 11.4 Å². The molecule has 0 saturated heterocycles. The molecule has 0 unspecified atom stereocenters. The van der Waals surface area contributed by atoms with Gasteiger partial charge in [-0.25, -0.2) is 9.97 Å². The van der Waals surface area contributed by atoms with E-state index in [0.29, 0.717) is 28.6 Å². The Labute approximate surface area is 257 Å². The fourth-order valence-corrected chi connectivity index (χ4v) is 5.24. The number of hydrogen-bond acceptors (Lipinski definition) is 7. The van der Waals surface area contributed by atoms with Crippen LogP contribution in [0.2, 0.25) is 0 Å². The van der Waals surface area contributed by atoms with Crippen LogP contribution >= 0.6 is 11.8 Å². The van der Waals surface area contributed by atoms with E-state index in [1.807, 2.05) is 74.5 Å². The molecule has 3 aromatic heterocycles. The van der Waals surface area contributed by atoms with Gasteiger partial charge in [-0.15, -0.1) is 23.8 Å². The summed E-state index contributed by atoms with van der Waals surface area (Å²) in [5, 5.41) is 11.5. The van der Waals surface area contributed by atoms with Crippen molar-refractivity contribution in [3.8, 4) is 51.0 Å². The number of nitrogens with zero attached hydrogens (tertiary/aromatic N) is 5. The van der Waals surface area contributed by atoms with E-state index in [1.54, 1.807) is 24.4 Å². The minimum absolute atomic E-state index is 0. The van der Waals surface area contributed by atoms with Crippen molar-refractivity contribution in [2.24, 2.45) is 0 Å². The Hall–Kier alpha value is -4.19. The molecular formula is C33H24N5OPtS-. The molecule has 0 aliphatic rings. The predicted molar refractivity (Wildman–Crippen MR) is 158 cm³/mol. The molecule has 0 aliphatic heterocycles. The summed E-state index contributed by atoms with van der Waals surface area (Å²) in [7, 11) is 0. The third kappa shape index (κ3) is 6.59. The fraction of sp³-hybridized carbons (Fsp3) is 0.0606. The molecule has 3 aromatic carbocycles. The molecule has 8 heteroatoms. The molecule has 1 N–H and O–H groups in total. The number of rotatable bonds is 6. The second kappa shape index (κ2) is 12.5. The largest absolute Gasteiger partial charge is 0.507 e. The van der Waals surface area contributed by atoms with Gasteiger partial charge in [-0.2, -0.15) is 0 Å². The van der Waals surface area contributed by atoms with E-state index >= 15 is 0 Å². The second-order valence-corrected chi connectivity index (χ2v) is 10.3.